The lowest BCUT2D eigenvalue weighted by atomic mass is 10.1. The van der Waals surface area contributed by atoms with E-state index in [1.807, 2.05) is 49.6 Å². The van der Waals surface area contributed by atoms with Crippen molar-refractivity contribution in [2.45, 2.75) is 25.9 Å². The first-order valence-corrected chi connectivity index (χ1v) is 6.91. The SMILES string of the molecule is Cc1csc(C(C)NC(C(=O)O)c2ccccc2)n1. The molecule has 1 heterocycles. The van der Waals surface area contributed by atoms with E-state index in [1.54, 1.807) is 0 Å². The molecule has 1 aromatic carbocycles. The van der Waals surface area contributed by atoms with E-state index in [4.69, 9.17) is 0 Å². The van der Waals surface area contributed by atoms with Gasteiger partial charge in [-0.15, -0.1) is 11.3 Å². The predicted octanol–water partition coefficient (Wildman–Crippen LogP) is 2.93. The van der Waals surface area contributed by atoms with Gasteiger partial charge in [-0.1, -0.05) is 30.3 Å². The third kappa shape index (κ3) is 3.39. The first kappa shape index (κ1) is 13.7. The van der Waals surface area contributed by atoms with Crippen molar-refractivity contribution in [3.63, 3.8) is 0 Å². The quantitative estimate of drug-likeness (QED) is 0.881. The lowest BCUT2D eigenvalue weighted by molar-refractivity contribution is -0.139. The largest absolute Gasteiger partial charge is 0.480 e. The van der Waals surface area contributed by atoms with Crippen molar-refractivity contribution in [1.29, 1.82) is 0 Å². The van der Waals surface area contributed by atoms with Crippen LogP contribution in [0.5, 0.6) is 0 Å². The van der Waals surface area contributed by atoms with Crippen LogP contribution < -0.4 is 5.32 Å². The lowest BCUT2D eigenvalue weighted by Crippen LogP contribution is -2.30. The highest BCUT2D eigenvalue weighted by Gasteiger charge is 2.23. The molecule has 5 heteroatoms. The van der Waals surface area contributed by atoms with Crippen LogP contribution in [0.25, 0.3) is 0 Å². The number of hydrogen-bond acceptors (Lipinski definition) is 4. The van der Waals surface area contributed by atoms with Gasteiger partial charge in [0.05, 0.1) is 6.04 Å². The summed E-state index contributed by atoms with van der Waals surface area (Å²) in [5.41, 5.74) is 1.70. The number of rotatable bonds is 5. The Labute approximate surface area is 116 Å². The maximum atomic E-state index is 11.4. The second-order valence-electron chi connectivity index (χ2n) is 4.40. The summed E-state index contributed by atoms with van der Waals surface area (Å²) in [7, 11) is 0. The van der Waals surface area contributed by atoms with Crippen LogP contribution in [0.4, 0.5) is 0 Å². The molecule has 0 amide bonds. The molecule has 2 atom stereocenters. The fourth-order valence-corrected chi connectivity index (χ4v) is 2.66. The van der Waals surface area contributed by atoms with Gasteiger partial charge in [-0.05, 0) is 19.4 Å². The van der Waals surface area contributed by atoms with Crippen molar-refractivity contribution in [3.8, 4) is 0 Å². The van der Waals surface area contributed by atoms with Crippen molar-refractivity contribution >= 4 is 17.3 Å². The van der Waals surface area contributed by atoms with Crippen molar-refractivity contribution in [3.05, 3.63) is 52.0 Å². The van der Waals surface area contributed by atoms with E-state index in [0.29, 0.717) is 0 Å². The summed E-state index contributed by atoms with van der Waals surface area (Å²) < 4.78 is 0. The molecule has 2 N–H and O–H groups in total. The van der Waals surface area contributed by atoms with Gasteiger partial charge >= 0.3 is 5.97 Å². The van der Waals surface area contributed by atoms with Crippen molar-refractivity contribution in [2.75, 3.05) is 0 Å². The molecule has 4 nitrogen and oxygen atoms in total. The number of carboxylic acids is 1. The average molecular weight is 276 g/mol. The fourth-order valence-electron chi connectivity index (χ4n) is 1.85. The van der Waals surface area contributed by atoms with Gasteiger partial charge in [-0.2, -0.15) is 0 Å². The van der Waals surface area contributed by atoms with Gasteiger partial charge in [-0.25, -0.2) is 4.98 Å². The van der Waals surface area contributed by atoms with E-state index in [-0.39, 0.29) is 6.04 Å². The third-order valence-corrected chi connectivity index (χ3v) is 3.95. The van der Waals surface area contributed by atoms with E-state index in [9.17, 15) is 9.90 Å². The molecular formula is C14H16N2O2S. The molecule has 1 aromatic heterocycles. The number of aryl methyl sites for hydroxylation is 1. The van der Waals surface area contributed by atoms with E-state index in [1.165, 1.54) is 11.3 Å². The summed E-state index contributed by atoms with van der Waals surface area (Å²) in [6.07, 6.45) is 0. The van der Waals surface area contributed by atoms with Crippen LogP contribution in [0, 0.1) is 6.92 Å². The number of hydrogen-bond donors (Lipinski definition) is 2. The molecule has 0 radical (unpaired) electrons. The van der Waals surface area contributed by atoms with Crippen molar-refractivity contribution in [1.82, 2.24) is 10.3 Å². The van der Waals surface area contributed by atoms with Crippen LogP contribution in [0.1, 0.15) is 35.3 Å². The molecule has 0 aliphatic heterocycles. The van der Waals surface area contributed by atoms with E-state index in [2.05, 4.69) is 10.3 Å². The van der Waals surface area contributed by atoms with Crippen LogP contribution in [-0.4, -0.2) is 16.1 Å². The highest BCUT2D eigenvalue weighted by molar-refractivity contribution is 7.09. The van der Waals surface area contributed by atoms with Gasteiger partial charge in [0.15, 0.2) is 0 Å². The number of benzene rings is 1. The molecular weight excluding hydrogens is 260 g/mol. The summed E-state index contributed by atoms with van der Waals surface area (Å²) >= 11 is 1.54. The van der Waals surface area contributed by atoms with E-state index in [0.717, 1.165) is 16.3 Å². The molecule has 100 valence electrons. The number of carbonyl (C=O) groups is 1. The summed E-state index contributed by atoms with van der Waals surface area (Å²) in [6, 6.07) is 8.35. The van der Waals surface area contributed by atoms with Crippen molar-refractivity contribution < 1.29 is 9.90 Å². The van der Waals surface area contributed by atoms with E-state index >= 15 is 0 Å². The maximum absolute atomic E-state index is 11.4. The van der Waals surface area contributed by atoms with Gasteiger partial charge in [0.25, 0.3) is 0 Å². The molecule has 2 rings (SSSR count). The monoisotopic (exact) mass is 276 g/mol. The molecule has 2 aromatic rings. The van der Waals surface area contributed by atoms with Gasteiger partial charge in [-0.3, -0.25) is 10.1 Å². The number of carboxylic acid groups (broad SMARTS) is 1. The first-order chi connectivity index (χ1) is 9.08. The summed E-state index contributed by atoms with van der Waals surface area (Å²) in [4.78, 5) is 15.8. The zero-order valence-electron chi connectivity index (χ0n) is 10.8. The molecule has 0 spiro atoms. The van der Waals surface area contributed by atoms with Crippen LogP contribution in [0.3, 0.4) is 0 Å². The summed E-state index contributed by atoms with van der Waals surface area (Å²) in [5, 5.41) is 15.3. The molecule has 19 heavy (non-hydrogen) atoms. The standard InChI is InChI=1S/C14H16N2O2S/c1-9-8-19-13(15-9)10(2)16-12(14(17)18)11-6-4-3-5-7-11/h3-8,10,12,16H,1-2H3,(H,17,18). The highest BCUT2D eigenvalue weighted by atomic mass is 32.1. The van der Waals surface area contributed by atoms with Crippen LogP contribution >= 0.6 is 11.3 Å². The number of nitrogens with one attached hydrogen (secondary N) is 1. The smallest absolute Gasteiger partial charge is 0.325 e. The average Bonchev–Trinajstić information content (AvgIpc) is 2.83. The molecule has 0 aliphatic rings. The minimum atomic E-state index is -0.883. The molecule has 0 fully saturated rings. The Kier molecular flexibility index (Phi) is 4.29. The number of aromatic nitrogens is 1. The topological polar surface area (TPSA) is 62.2 Å². The van der Waals surface area contributed by atoms with E-state index < -0.39 is 12.0 Å². The Morgan fingerprint density at radius 3 is 2.58 bits per heavy atom. The Hall–Kier alpha value is -1.72. The Balaban J connectivity index is 2.16. The molecule has 0 bridgehead atoms. The second kappa shape index (κ2) is 5.95. The Morgan fingerprint density at radius 1 is 1.37 bits per heavy atom. The highest BCUT2D eigenvalue weighted by Crippen LogP contribution is 2.22. The fraction of sp³-hybridized carbons (Fsp3) is 0.286. The van der Waals surface area contributed by atoms with Crippen molar-refractivity contribution in [2.24, 2.45) is 0 Å². The molecule has 0 saturated carbocycles. The second-order valence-corrected chi connectivity index (χ2v) is 5.29. The minimum absolute atomic E-state index is 0.0972. The number of thiazole rings is 1. The van der Waals surface area contributed by atoms with Gasteiger partial charge < -0.3 is 5.11 Å². The maximum Gasteiger partial charge on any atom is 0.325 e. The zero-order valence-corrected chi connectivity index (χ0v) is 11.6. The molecule has 0 aliphatic carbocycles. The van der Waals surface area contributed by atoms with Crippen LogP contribution in [0.2, 0.25) is 0 Å². The zero-order chi connectivity index (χ0) is 13.8. The number of nitrogens with zero attached hydrogens (tertiary/aromatic N) is 1. The van der Waals surface area contributed by atoms with Gasteiger partial charge in [0.2, 0.25) is 0 Å². The first-order valence-electron chi connectivity index (χ1n) is 6.03. The Morgan fingerprint density at radius 2 is 2.05 bits per heavy atom. The molecule has 2 unspecified atom stereocenters. The number of aliphatic carboxylic acids is 1. The summed E-state index contributed by atoms with van der Waals surface area (Å²) in [5.74, 6) is -0.883. The van der Waals surface area contributed by atoms with Gasteiger partial charge in [0.1, 0.15) is 11.0 Å². The molecule has 0 saturated heterocycles. The van der Waals surface area contributed by atoms with Crippen LogP contribution in [-0.2, 0) is 4.79 Å². The Bertz CT molecular complexity index is 554. The van der Waals surface area contributed by atoms with Crippen LogP contribution in [0.15, 0.2) is 35.7 Å². The minimum Gasteiger partial charge on any atom is -0.480 e. The summed E-state index contributed by atoms with van der Waals surface area (Å²) in [6.45, 7) is 3.86. The normalized spacial score (nSPS) is 14.0. The third-order valence-electron chi connectivity index (χ3n) is 2.80. The lowest BCUT2D eigenvalue weighted by Gasteiger charge is -2.19. The van der Waals surface area contributed by atoms with Gasteiger partial charge in [0, 0.05) is 11.1 Å². The predicted molar refractivity (Wildman–Crippen MR) is 75.2 cm³/mol.